The summed E-state index contributed by atoms with van der Waals surface area (Å²) in [4.78, 5) is 29.6. The van der Waals surface area contributed by atoms with E-state index < -0.39 is 0 Å². The van der Waals surface area contributed by atoms with Crippen LogP contribution in [0.4, 0.5) is 0 Å². The van der Waals surface area contributed by atoms with Gasteiger partial charge in [0.15, 0.2) is 0 Å². The second kappa shape index (κ2) is 11.9. The number of carbonyl (C=O) groups is 2. The lowest BCUT2D eigenvalue weighted by atomic mass is 9.97. The quantitative estimate of drug-likeness (QED) is 0.586. The molecule has 0 bridgehead atoms. The predicted octanol–water partition coefficient (Wildman–Crippen LogP) is 1.90. The molecule has 2 aromatic rings. The Hall–Kier alpha value is -2.87. The fourth-order valence-corrected chi connectivity index (χ4v) is 4.86. The van der Waals surface area contributed by atoms with E-state index in [1.54, 1.807) is 24.3 Å². The van der Waals surface area contributed by atoms with E-state index in [2.05, 4.69) is 23.0 Å². The van der Waals surface area contributed by atoms with Crippen LogP contribution >= 0.6 is 11.6 Å². The van der Waals surface area contributed by atoms with Crippen molar-refractivity contribution in [2.45, 2.75) is 19.4 Å². The molecule has 2 heterocycles. The Balaban J connectivity index is 1.39. The zero-order valence-corrected chi connectivity index (χ0v) is 21.7. The lowest BCUT2D eigenvalue weighted by Gasteiger charge is -2.41. The van der Waals surface area contributed by atoms with Crippen LogP contribution in [0, 0.1) is 5.92 Å². The first-order valence-electron chi connectivity index (χ1n) is 12.4. The minimum atomic E-state index is -0.120. The Morgan fingerprint density at radius 2 is 1.94 bits per heavy atom. The molecular formula is C28H34ClN3O4. The van der Waals surface area contributed by atoms with Gasteiger partial charge in [-0.25, -0.2) is 0 Å². The van der Waals surface area contributed by atoms with E-state index >= 15 is 0 Å². The van der Waals surface area contributed by atoms with E-state index in [-0.39, 0.29) is 17.9 Å². The number of benzene rings is 2. The molecule has 2 aliphatic heterocycles. The normalized spacial score (nSPS) is 18.6. The summed E-state index contributed by atoms with van der Waals surface area (Å²) in [5.74, 6) is 0.297. The van der Waals surface area contributed by atoms with Crippen molar-refractivity contribution >= 4 is 36.2 Å². The highest BCUT2D eigenvalue weighted by Crippen LogP contribution is 2.20. The van der Waals surface area contributed by atoms with E-state index in [0.29, 0.717) is 67.9 Å². The van der Waals surface area contributed by atoms with Crippen molar-refractivity contribution < 1.29 is 19.1 Å². The molecule has 0 aromatic heterocycles. The number of carbonyl (C=O) groups excluding carboxylic acids is 2. The smallest absolute Gasteiger partial charge is 0.253 e. The monoisotopic (exact) mass is 511 g/mol. The zero-order chi connectivity index (χ0) is 25.7. The fourth-order valence-electron chi connectivity index (χ4n) is 4.73. The van der Waals surface area contributed by atoms with Crippen molar-refractivity contribution in [3.63, 3.8) is 0 Å². The molecule has 0 aliphatic carbocycles. The Morgan fingerprint density at radius 1 is 1.19 bits per heavy atom. The number of ether oxygens (including phenoxy) is 2. The standard InChI is InChI=1S/C28H34ClN3O4/c1-4-24-25(27(33)30-13-23-18-35-11-12-36-23)10-5-19(2)26(24)17-31(3)14-20-15-32(16-20)28(34)21-6-8-22(29)9-7-21/h5-10,17,20,23H,2,4,11-16,18H2,1,3H3,(H,30,33)/b26-17+. The van der Waals surface area contributed by atoms with Crippen LogP contribution in [-0.4, -0.2) is 80.8 Å². The second-order valence-electron chi connectivity index (χ2n) is 9.45. The first-order valence-corrected chi connectivity index (χ1v) is 12.8. The van der Waals surface area contributed by atoms with Crippen LogP contribution in [-0.2, 0) is 15.9 Å². The molecular weight excluding hydrogens is 478 g/mol. The number of likely N-dealkylation sites (tertiary alicyclic amines) is 1. The van der Waals surface area contributed by atoms with Gasteiger partial charge in [-0.2, -0.15) is 0 Å². The number of nitrogens with zero attached hydrogens (tertiary/aromatic N) is 2. The molecule has 2 aromatic carbocycles. The number of hydrogen-bond acceptors (Lipinski definition) is 5. The summed E-state index contributed by atoms with van der Waals surface area (Å²) in [5.41, 5.74) is 2.29. The Labute approximate surface area is 217 Å². The van der Waals surface area contributed by atoms with Crippen LogP contribution in [0.15, 0.2) is 36.4 Å². The molecule has 0 radical (unpaired) electrons. The van der Waals surface area contributed by atoms with E-state index in [9.17, 15) is 9.59 Å². The maximum atomic E-state index is 13.0. The number of nitrogens with one attached hydrogen (secondary N) is 1. The van der Waals surface area contributed by atoms with E-state index in [1.165, 1.54) is 0 Å². The summed E-state index contributed by atoms with van der Waals surface area (Å²) < 4.78 is 11.0. The van der Waals surface area contributed by atoms with Crippen molar-refractivity contribution in [2.24, 2.45) is 5.92 Å². The fraction of sp³-hybridized carbons (Fsp3) is 0.429. The van der Waals surface area contributed by atoms with Gasteiger partial charge < -0.3 is 24.6 Å². The Bertz CT molecular complexity index is 1190. The lowest BCUT2D eigenvalue weighted by Crippen LogP contribution is -2.53. The van der Waals surface area contributed by atoms with Crippen LogP contribution in [0.5, 0.6) is 0 Å². The third kappa shape index (κ3) is 6.27. The molecule has 1 atom stereocenters. The topological polar surface area (TPSA) is 71.1 Å². The molecule has 0 saturated carbocycles. The van der Waals surface area contributed by atoms with Crippen LogP contribution in [0.3, 0.4) is 0 Å². The third-order valence-electron chi connectivity index (χ3n) is 6.65. The number of rotatable bonds is 8. The Kier molecular flexibility index (Phi) is 8.67. The molecule has 1 unspecified atom stereocenters. The second-order valence-corrected chi connectivity index (χ2v) is 9.88. The van der Waals surface area contributed by atoms with E-state index in [0.717, 1.165) is 22.5 Å². The molecule has 36 heavy (non-hydrogen) atoms. The molecule has 4 rings (SSSR count). The summed E-state index contributed by atoms with van der Waals surface area (Å²) in [6.45, 7) is 10.5. The first kappa shape index (κ1) is 26.2. The number of halogens is 1. The Morgan fingerprint density at radius 3 is 2.61 bits per heavy atom. The van der Waals surface area contributed by atoms with Gasteiger partial charge in [-0.05, 0) is 47.5 Å². The highest BCUT2D eigenvalue weighted by atomic mass is 35.5. The van der Waals surface area contributed by atoms with Gasteiger partial charge in [0, 0.05) is 66.7 Å². The summed E-state index contributed by atoms with van der Waals surface area (Å²) >= 11 is 5.93. The average Bonchev–Trinajstić information content (AvgIpc) is 2.86. The van der Waals surface area contributed by atoms with Gasteiger partial charge in [-0.15, -0.1) is 0 Å². The summed E-state index contributed by atoms with van der Waals surface area (Å²) in [6.07, 6.45) is 2.66. The van der Waals surface area contributed by atoms with Gasteiger partial charge >= 0.3 is 0 Å². The minimum Gasteiger partial charge on any atom is -0.380 e. The summed E-state index contributed by atoms with van der Waals surface area (Å²) in [7, 11) is 2.02. The van der Waals surface area contributed by atoms with Gasteiger partial charge in [-0.3, -0.25) is 9.59 Å². The highest BCUT2D eigenvalue weighted by molar-refractivity contribution is 6.30. The molecule has 2 aliphatic rings. The van der Waals surface area contributed by atoms with E-state index in [4.69, 9.17) is 21.1 Å². The third-order valence-corrected chi connectivity index (χ3v) is 6.90. The molecule has 1 N–H and O–H groups in total. The van der Waals surface area contributed by atoms with Crippen LogP contribution < -0.4 is 15.8 Å². The lowest BCUT2D eigenvalue weighted by molar-refractivity contribution is -0.0855. The maximum absolute atomic E-state index is 13.0. The van der Waals surface area contributed by atoms with Crippen molar-refractivity contribution in [2.75, 3.05) is 53.0 Å². The van der Waals surface area contributed by atoms with Crippen molar-refractivity contribution in [3.05, 3.63) is 68.5 Å². The van der Waals surface area contributed by atoms with Crippen LogP contribution in [0.2, 0.25) is 5.02 Å². The van der Waals surface area contributed by atoms with Crippen LogP contribution in [0.25, 0.3) is 12.8 Å². The maximum Gasteiger partial charge on any atom is 0.253 e. The number of amides is 2. The van der Waals surface area contributed by atoms with Gasteiger partial charge in [0.05, 0.1) is 25.9 Å². The molecule has 7 nitrogen and oxygen atoms in total. The van der Waals surface area contributed by atoms with Gasteiger partial charge in [0.25, 0.3) is 11.8 Å². The average molecular weight is 512 g/mol. The van der Waals surface area contributed by atoms with Crippen molar-refractivity contribution in [1.82, 2.24) is 15.1 Å². The number of hydrogen-bond donors (Lipinski definition) is 1. The summed E-state index contributed by atoms with van der Waals surface area (Å²) in [5, 5.41) is 5.46. The highest BCUT2D eigenvalue weighted by Gasteiger charge is 2.31. The minimum absolute atomic E-state index is 0.0340. The van der Waals surface area contributed by atoms with Gasteiger partial charge in [0.2, 0.25) is 0 Å². The molecule has 2 saturated heterocycles. The zero-order valence-electron chi connectivity index (χ0n) is 21.0. The van der Waals surface area contributed by atoms with E-state index in [1.807, 2.05) is 31.0 Å². The van der Waals surface area contributed by atoms with Crippen molar-refractivity contribution in [1.29, 1.82) is 0 Å². The van der Waals surface area contributed by atoms with Crippen molar-refractivity contribution in [3.8, 4) is 0 Å². The molecule has 0 spiro atoms. The molecule has 2 fully saturated rings. The molecule has 2 amide bonds. The molecule has 8 heteroatoms. The molecule has 192 valence electrons. The first-order chi connectivity index (χ1) is 17.4. The SMILES string of the molecule is C=c1ccc(C(=O)NCC2COCCO2)c(CC)/c1=C/N(C)CC1CN(C(=O)c2ccc(Cl)cc2)C1. The van der Waals surface area contributed by atoms with Gasteiger partial charge in [-0.1, -0.05) is 31.2 Å². The largest absolute Gasteiger partial charge is 0.380 e. The van der Waals surface area contributed by atoms with Crippen LogP contribution in [0.1, 0.15) is 33.2 Å². The predicted molar refractivity (Wildman–Crippen MR) is 141 cm³/mol. The van der Waals surface area contributed by atoms with Gasteiger partial charge in [0.1, 0.15) is 0 Å². The summed E-state index contributed by atoms with van der Waals surface area (Å²) in [6, 6.07) is 10.7.